The van der Waals surface area contributed by atoms with Crippen LogP contribution in [0, 0.1) is 18.8 Å². The van der Waals surface area contributed by atoms with Crippen LogP contribution in [0.4, 0.5) is 0 Å². The number of ether oxygens (including phenoxy) is 3. The van der Waals surface area contributed by atoms with Gasteiger partial charge in [0.1, 0.15) is 0 Å². The highest BCUT2D eigenvalue weighted by Gasteiger charge is 2.44. The van der Waals surface area contributed by atoms with Gasteiger partial charge in [-0.1, -0.05) is 0 Å². The fourth-order valence-corrected chi connectivity index (χ4v) is 4.67. The summed E-state index contributed by atoms with van der Waals surface area (Å²) in [7, 11) is 4.93. The molecule has 1 amide bonds. The van der Waals surface area contributed by atoms with Gasteiger partial charge in [-0.2, -0.15) is 0 Å². The number of nitrogens with zero attached hydrogens (tertiary/aromatic N) is 1. The molecule has 6 heteroatoms. The number of rotatable bonds is 4. The lowest BCUT2D eigenvalue weighted by Gasteiger charge is -2.36. The molecule has 2 fully saturated rings. The SMILES string of the molecule is COc1ccc2c(C)c(C(=O)N3CC4CCC(C3)C4OC)oc2c1OC. The molecule has 2 aliphatic rings. The number of furan rings is 1. The molecule has 0 spiro atoms. The molecule has 140 valence electrons. The van der Waals surface area contributed by atoms with E-state index >= 15 is 0 Å². The van der Waals surface area contributed by atoms with E-state index in [1.807, 2.05) is 24.0 Å². The molecule has 1 saturated heterocycles. The van der Waals surface area contributed by atoms with Gasteiger partial charge in [0.05, 0.1) is 20.3 Å². The Labute approximate surface area is 153 Å². The van der Waals surface area contributed by atoms with Crippen molar-refractivity contribution in [1.29, 1.82) is 0 Å². The average molecular weight is 359 g/mol. The fraction of sp³-hybridized carbons (Fsp3) is 0.550. The van der Waals surface area contributed by atoms with Crippen LogP contribution in [0.25, 0.3) is 11.0 Å². The molecular formula is C20H25NO5. The summed E-state index contributed by atoms with van der Waals surface area (Å²) in [5.41, 5.74) is 1.40. The number of amides is 1. The first-order valence-corrected chi connectivity index (χ1v) is 9.05. The topological polar surface area (TPSA) is 61.1 Å². The van der Waals surface area contributed by atoms with Crippen LogP contribution in [0.1, 0.15) is 29.0 Å². The number of hydrogen-bond donors (Lipinski definition) is 0. The first kappa shape index (κ1) is 17.2. The minimum Gasteiger partial charge on any atom is -0.493 e. The lowest BCUT2D eigenvalue weighted by molar-refractivity contribution is -0.0121. The second-order valence-corrected chi connectivity index (χ2v) is 7.24. The summed E-state index contributed by atoms with van der Waals surface area (Å²) in [5.74, 6) is 2.29. The zero-order valence-corrected chi connectivity index (χ0v) is 15.7. The third-order valence-corrected chi connectivity index (χ3v) is 5.95. The number of likely N-dealkylation sites (tertiary alicyclic amines) is 1. The maximum Gasteiger partial charge on any atom is 0.289 e. The van der Waals surface area contributed by atoms with E-state index in [0.29, 0.717) is 34.7 Å². The van der Waals surface area contributed by atoms with Crippen molar-refractivity contribution in [3.05, 3.63) is 23.5 Å². The van der Waals surface area contributed by atoms with Crippen LogP contribution in [0.3, 0.4) is 0 Å². The predicted molar refractivity (Wildman–Crippen MR) is 97.0 cm³/mol. The molecule has 4 rings (SSSR count). The average Bonchev–Trinajstić information content (AvgIpc) is 3.12. The number of carbonyl (C=O) groups is 1. The lowest BCUT2D eigenvalue weighted by atomic mass is 9.94. The smallest absolute Gasteiger partial charge is 0.289 e. The van der Waals surface area contributed by atoms with E-state index in [4.69, 9.17) is 18.6 Å². The highest BCUT2D eigenvalue weighted by Crippen LogP contribution is 2.41. The van der Waals surface area contributed by atoms with Gasteiger partial charge in [0, 0.05) is 43.0 Å². The zero-order chi connectivity index (χ0) is 18.4. The van der Waals surface area contributed by atoms with Crippen molar-refractivity contribution < 1.29 is 23.4 Å². The van der Waals surface area contributed by atoms with E-state index in [1.165, 1.54) is 0 Å². The van der Waals surface area contributed by atoms with Gasteiger partial charge in [-0.15, -0.1) is 0 Å². The van der Waals surface area contributed by atoms with Crippen molar-refractivity contribution in [2.45, 2.75) is 25.9 Å². The molecule has 2 bridgehead atoms. The maximum atomic E-state index is 13.2. The summed E-state index contributed by atoms with van der Waals surface area (Å²) in [6.45, 7) is 3.37. The van der Waals surface area contributed by atoms with Crippen molar-refractivity contribution in [3.63, 3.8) is 0 Å². The molecule has 2 aromatic rings. The zero-order valence-electron chi connectivity index (χ0n) is 15.7. The number of carbonyl (C=O) groups excluding carboxylic acids is 1. The van der Waals surface area contributed by atoms with Crippen LogP contribution < -0.4 is 9.47 Å². The minimum atomic E-state index is -0.0498. The standard InChI is InChI=1S/C20H25NO5/c1-11-14-7-8-15(23-2)19(25-4)18(14)26-16(11)20(22)21-9-12-5-6-13(10-21)17(12)24-3/h7-8,12-13,17H,5-6,9-10H2,1-4H3. The molecule has 0 N–H and O–H groups in total. The van der Waals surface area contributed by atoms with Crippen LogP contribution in [0.15, 0.2) is 16.5 Å². The summed E-state index contributed by atoms with van der Waals surface area (Å²) in [6, 6.07) is 3.75. The predicted octanol–water partition coefficient (Wildman–Crippen LogP) is 3.26. The Kier molecular flexibility index (Phi) is 4.31. The number of aryl methyl sites for hydroxylation is 1. The van der Waals surface area contributed by atoms with E-state index in [0.717, 1.165) is 36.9 Å². The number of benzene rings is 1. The monoisotopic (exact) mass is 359 g/mol. The largest absolute Gasteiger partial charge is 0.493 e. The molecule has 0 radical (unpaired) electrons. The van der Waals surface area contributed by atoms with Gasteiger partial charge in [0.25, 0.3) is 5.91 Å². The van der Waals surface area contributed by atoms with Crippen LogP contribution in [0.2, 0.25) is 0 Å². The number of piperidine rings is 1. The molecule has 2 heterocycles. The van der Waals surface area contributed by atoms with Crippen LogP contribution in [-0.2, 0) is 4.74 Å². The highest BCUT2D eigenvalue weighted by atomic mass is 16.5. The van der Waals surface area contributed by atoms with Crippen LogP contribution in [0.5, 0.6) is 11.5 Å². The van der Waals surface area contributed by atoms with Gasteiger partial charge >= 0.3 is 0 Å². The minimum absolute atomic E-state index is 0.0498. The number of fused-ring (bicyclic) bond motifs is 3. The van der Waals surface area contributed by atoms with Crippen molar-refractivity contribution in [1.82, 2.24) is 4.90 Å². The van der Waals surface area contributed by atoms with Crippen LogP contribution in [-0.4, -0.2) is 51.3 Å². The van der Waals surface area contributed by atoms with E-state index < -0.39 is 0 Å². The summed E-state index contributed by atoms with van der Waals surface area (Å²) in [4.78, 5) is 15.1. The first-order valence-electron chi connectivity index (χ1n) is 9.05. The Morgan fingerprint density at radius 2 is 1.81 bits per heavy atom. The Bertz CT molecular complexity index is 828. The summed E-state index contributed by atoms with van der Waals surface area (Å²) in [5, 5.41) is 0.876. The second kappa shape index (κ2) is 6.50. The Morgan fingerprint density at radius 1 is 1.12 bits per heavy atom. The summed E-state index contributed by atoms with van der Waals surface area (Å²) < 4.78 is 22.4. The van der Waals surface area contributed by atoms with E-state index in [1.54, 1.807) is 21.3 Å². The quantitative estimate of drug-likeness (QED) is 0.839. The number of methoxy groups -OCH3 is 3. The Balaban J connectivity index is 1.69. The van der Waals surface area contributed by atoms with Gasteiger partial charge in [0.15, 0.2) is 17.1 Å². The van der Waals surface area contributed by atoms with Crippen molar-refractivity contribution in [2.24, 2.45) is 11.8 Å². The van der Waals surface area contributed by atoms with Crippen molar-refractivity contribution in [3.8, 4) is 11.5 Å². The fourth-order valence-electron chi connectivity index (χ4n) is 4.67. The van der Waals surface area contributed by atoms with E-state index in [9.17, 15) is 4.79 Å². The summed E-state index contributed by atoms with van der Waals surface area (Å²) >= 11 is 0. The molecule has 2 unspecified atom stereocenters. The number of hydrogen-bond acceptors (Lipinski definition) is 5. The molecule has 1 aromatic carbocycles. The van der Waals surface area contributed by atoms with Gasteiger partial charge in [-0.05, 0) is 31.9 Å². The first-order chi connectivity index (χ1) is 12.6. The van der Waals surface area contributed by atoms with Gasteiger partial charge in [0.2, 0.25) is 5.75 Å². The molecule has 26 heavy (non-hydrogen) atoms. The van der Waals surface area contributed by atoms with Crippen molar-refractivity contribution in [2.75, 3.05) is 34.4 Å². The van der Waals surface area contributed by atoms with E-state index in [2.05, 4.69) is 0 Å². The molecular weight excluding hydrogens is 334 g/mol. The normalized spacial score (nSPS) is 24.9. The van der Waals surface area contributed by atoms with Crippen LogP contribution >= 0.6 is 0 Å². The molecule has 1 aromatic heterocycles. The lowest BCUT2D eigenvalue weighted by Crippen LogP contribution is -2.48. The highest BCUT2D eigenvalue weighted by molar-refractivity contribution is 6.01. The third-order valence-electron chi connectivity index (χ3n) is 5.95. The molecule has 1 aliphatic heterocycles. The van der Waals surface area contributed by atoms with E-state index in [-0.39, 0.29) is 12.0 Å². The summed E-state index contributed by atoms with van der Waals surface area (Å²) in [6.07, 6.45) is 2.52. The molecule has 1 aliphatic carbocycles. The van der Waals surface area contributed by atoms with Gasteiger partial charge < -0.3 is 23.5 Å². The third kappa shape index (κ3) is 2.47. The van der Waals surface area contributed by atoms with Gasteiger partial charge in [-0.3, -0.25) is 4.79 Å². The van der Waals surface area contributed by atoms with Gasteiger partial charge in [-0.25, -0.2) is 0 Å². The maximum absolute atomic E-state index is 13.2. The second-order valence-electron chi connectivity index (χ2n) is 7.24. The molecule has 1 saturated carbocycles. The Morgan fingerprint density at radius 3 is 2.38 bits per heavy atom. The molecule has 2 atom stereocenters. The molecule has 6 nitrogen and oxygen atoms in total. The van der Waals surface area contributed by atoms with Crippen molar-refractivity contribution >= 4 is 16.9 Å². The Hall–Kier alpha value is -2.21.